The van der Waals surface area contributed by atoms with Gasteiger partial charge in [-0.15, -0.1) is 11.3 Å². The molecule has 3 rings (SSSR count). The van der Waals surface area contributed by atoms with E-state index in [1.165, 1.54) is 28.7 Å². The number of carbonyl (C=O) groups is 1. The van der Waals surface area contributed by atoms with Gasteiger partial charge in [0.25, 0.3) is 0 Å². The molecule has 0 amide bonds. The maximum Gasteiger partial charge on any atom is 0.348 e. The van der Waals surface area contributed by atoms with Crippen molar-refractivity contribution in [3.05, 3.63) is 51.5 Å². The predicted molar refractivity (Wildman–Crippen MR) is 108 cm³/mol. The van der Waals surface area contributed by atoms with Crippen molar-refractivity contribution in [2.75, 3.05) is 6.61 Å². The summed E-state index contributed by atoms with van der Waals surface area (Å²) in [7, 11) is 0. The molecule has 0 bridgehead atoms. The molecule has 0 saturated carbocycles. The number of aryl methyl sites for hydroxylation is 1. The number of rotatable bonds is 6. The number of aromatic nitrogens is 2. The van der Waals surface area contributed by atoms with E-state index in [9.17, 15) is 4.79 Å². The Hall–Kier alpha value is -1.63. The molecule has 0 saturated heterocycles. The fraction of sp³-hybridized carbons (Fsp3) is 0.316. The van der Waals surface area contributed by atoms with Crippen LogP contribution in [0.2, 0.25) is 5.15 Å². The summed E-state index contributed by atoms with van der Waals surface area (Å²) in [5.74, 6) is 0.725. The number of hydrogen-bond acceptors (Lipinski definition) is 6. The number of carbonyl (C=O) groups excluding carboxylic acids is 1. The highest BCUT2D eigenvalue weighted by molar-refractivity contribution is 7.98. The van der Waals surface area contributed by atoms with Gasteiger partial charge < -0.3 is 4.74 Å². The van der Waals surface area contributed by atoms with Gasteiger partial charge in [-0.25, -0.2) is 14.8 Å². The van der Waals surface area contributed by atoms with Crippen LogP contribution in [0.3, 0.4) is 0 Å². The summed E-state index contributed by atoms with van der Waals surface area (Å²) in [5, 5.41) is 1.72. The molecule has 136 valence electrons. The molecular weight excluding hydrogens is 388 g/mol. The van der Waals surface area contributed by atoms with Crippen LogP contribution in [0.25, 0.3) is 10.2 Å². The molecule has 1 aromatic carbocycles. The quantitative estimate of drug-likeness (QED) is 0.225. The first-order valence-electron chi connectivity index (χ1n) is 8.26. The number of ether oxygens (including phenoxy) is 1. The molecule has 4 nitrogen and oxygen atoms in total. The van der Waals surface area contributed by atoms with E-state index in [1.807, 2.05) is 39.0 Å². The van der Waals surface area contributed by atoms with Gasteiger partial charge >= 0.3 is 5.97 Å². The minimum absolute atomic E-state index is 0.290. The average molecular weight is 407 g/mol. The van der Waals surface area contributed by atoms with Gasteiger partial charge in [0.1, 0.15) is 14.9 Å². The first-order valence-corrected chi connectivity index (χ1v) is 10.4. The van der Waals surface area contributed by atoms with Crippen LogP contribution in [-0.2, 0) is 10.5 Å². The summed E-state index contributed by atoms with van der Waals surface area (Å²) in [6.07, 6.45) is 0. The van der Waals surface area contributed by atoms with Crippen LogP contribution >= 0.6 is 34.7 Å². The Morgan fingerprint density at radius 1 is 1.27 bits per heavy atom. The number of halogens is 1. The van der Waals surface area contributed by atoms with Crippen molar-refractivity contribution in [3.63, 3.8) is 0 Å². The Kier molecular flexibility index (Phi) is 6.16. The highest BCUT2D eigenvalue weighted by atomic mass is 35.5. The van der Waals surface area contributed by atoms with Gasteiger partial charge in [-0.3, -0.25) is 0 Å². The van der Waals surface area contributed by atoms with E-state index < -0.39 is 0 Å². The van der Waals surface area contributed by atoms with Crippen LogP contribution < -0.4 is 0 Å². The first-order chi connectivity index (χ1) is 12.5. The average Bonchev–Trinajstić information content (AvgIpc) is 2.96. The predicted octanol–water partition coefficient (Wildman–Crippen LogP) is 5.76. The van der Waals surface area contributed by atoms with Crippen molar-refractivity contribution in [2.24, 2.45) is 5.92 Å². The van der Waals surface area contributed by atoms with E-state index in [1.54, 1.807) is 0 Å². The van der Waals surface area contributed by atoms with E-state index >= 15 is 0 Å². The molecule has 0 atom stereocenters. The molecule has 2 aromatic heterocycles. The Labute approximate surface area is 166 Å². The minimum Gasteiger partial charge on any atom is -0.461 e. The van der Waals surface area contributed by atoms with Gasteiger partial charge in [-0.05, 0) is 24.0 Å². The number of benzene rings is 1. The fourth-order valence-electron chi connectivity index (χ4n) is 2.36. The number of esters is 1. The lowest BCUT2D eigenvalue weighted by molar-refractivity contribution is 0.0464. The van der Waals surface area contributed by atoms with Gasteiger partial charge in [0.05, 0.1) is 12.0 Å². The van der Waals surface area contributed by atoms with Crippen molar-refractivity contribution in [1.29, 1.82) is 0 Å². The largest absolute Gasteiger partial charge is 0.461 e. The summed E-state index contributed by atoms with van der Waals surface area (Å²) in [6, 6.07) is 10.1. The van der Waals surface area contributed by atoms with Crippen molar-refractivity contribution in [1.82, 2.24) is 9.97 Å². The zero-order valence-corrected chi connectivity index (χ0v) is 17.2. The molecule has 2 heterocycles. The topological polar surface area (TPSA) is 52.1 Å². The maximum atomic E-state index is 12.3. The first kappa shape index (κ1) is 19.1. The van der Waals surface area contributed by atoms with Gasteiger partial charge in [0, 0.05) is 5.75 Å². The Morgan fingerprint density at radius 2 is 2.00 bits per heavy atom. The monoisotopic (exact) mass is 406 g/mol. The number of thiophene rings is 1. The third-order valence-corrected chi connectivity index (χ3v) is 6.03. The summed E-state index contributed by atoms with van der Waals surface area (Å²) in [6.45, 7) is 6.26. The molecule has 0 fully saturated rings. The van der Waals surface area contributed by atoms with E-state index in [0.717, 1.165) is 21.5 Å². The standard InChI is InChI=1S/C19H19ClN2O2S2/c1-11(2)9-24-18(23)15-12(3)14-16(20)21-19(22-17(14)26-15)25-10-13-7-5-4-6-8-13/h4-8,11H,9-10H2,1-3H3. The number of nitrogens with zero attached hydrogens (tertiary/aromatic N) is 2. The van der Waals surface area contributed by atoms with Crippen LogP contribution in [0.1, 0.15) is 34.6 Å². The van der Waals surface area contributed by atoms with Crippen LogP contribution in [0, 0.1) is 12.8 Å². The summed E-state index contributed by atoms with van der Waals surface area (Å²) < 4.78 is 5.35. The highest BCUT2D eigenvalue weighted by Crippen LogP contribution is 2.35. The molecule has 0 radical (unpaired) electrons. The van der Waals surface area contributed by atoms with Crippen molar-refractivity contribution in [2.45, 2.75) is 31.7 Å². The molecule has 0 N–H and O–H groups in total. The third-order valence-electron chi connectivity index (χ3n) is 3.67. The summed E-state index contributed by atoms with van der Waals surface area (Å²) in [4.78, 5) is 22.6. The number of thioether (sulfide) groups is 1. The molecule has 0 spiro atoms. The maximum absolute atomic E-state index is 12.3. The van der Waals surface area contributed by atoms with Crippen molar-refractivity contribution >= 4 is 50.9 Å². The van der Waals surface area contributed by atoms with Crippen LogP contribution in [0.15, 0.2) is 35.5 Å². The van der Waals surface area contributed by atoms with E-state index in [0.29, 0.717) is 21.8 Å². The molecule has 0 aliphatic heterocycles. The molecule has 26 heavy (non-hydrogen) atoms. The third kappa shape index (κ3) is 4.37. The number of hydrogen-bond donors (Lipinski definition) is 0. The molecular formula is C19H19ClN2O2S2. The lowest BCUT2D eigenvalue weighted by Gasteiger charge is -2.06. The Morgan fingerprint density at radius 3 is 2.69 bits per heavy atom. The normalized spacial score (nSPS) is 11.3. The summed E-state index contributed by atoms with van der Waals surface area (Å²) >= 11 is 9.22. The highest BCUT2D eigenvalue weighted by Gasteiger charge is 2.21. The van der Waals surface area contributed by atoms with Crippen molar-refractivity contribution < 1.29 is 9.53 Å². The van der Waals surface area contributed by atoms with Crippen LogP contribution in [-0.4, -0.2) is 22.5 Å². The molecule has 0 aliphatic carbocycles. The molecule has 3 aromatic rings. The lowest BCUT2D eigenvalue weighted by atomic mass is 10.2. The van der Waals surface area contributed by atoms with Gasteiger partial charge in [-0.1, -0.05) is 67.5 Å². The number of fused-ring (bicyclic) bond motifs is 1. The SMILES string of the molecule is Cc1c(C(=O)OCC(C)C)sc2nc(SCc3ccccc3)nc(Cl)c12. The Bertz CT molecular complexity index is 926. The zero-order chi connectivity index (χ0) is 18.7. The van der Waals surface area contributed by atoms with Crippen LogP contribution in [0.5, 0.6) is 0 Å². The smallest absolute Gasteiger partial charge is 0.348 e. The van der Waals surface area contributed by atoms with E-state index in [4.69, 9.17) is 16.3 Å². The fourth-order valence-corrected chi connectivity index (χ4v) is 4.71. The van der Waals surface area contributed by atoms with Gasteiger partial charge in [0.15, 0.2) is 5.16 Å². The molecule has 7 heteroatoms. The zero-order valence-electron chi connectivity index (χ0n) is 14.8. The molecule has 0 unspecified atom stereocenters. The minimum atomic E-state index is -0.325. The lowest BCUT2D eigenvalue weighted by Crippen LogP contribution is -2.09. The van der Waals surface area contributed by atoms with Crippen LogP contribution in [0.4, 0.5) is 0 Å². The van der Waals surface area contributed by atoms with Crippen molar-refractivity contribution in [3.8, 4) is 0 Å². The van der Waals surface area contributed by atoms with E-state index in [2.05, 4.69) is 22.1 Å². The van der Waals surface area contributed by atoms with E-state index in [-0.39, 0.29) is 11.9 Å². The second-order valence-corrected chi connectivity index (χ2v) is 8.60. The summed E-state index contributed by atoms with van der Waals surface area (Å²) in [5.41, 5.74) is 1.97. The van der Waals surface area contributed by atoms with Gasteiger partial charge in [0.2, 0.25) is 0 Å². The van der Waals surface area contributed by atoms with Gasteiger partial charge in [-0.2, -0.15) is 0 Å². The molecule has 0 aliphatic rings. The Balaban J connectivity index is 1.85. The second-order valence-electron chi connectivity index (χ2n) is 6.30. The second kappa shape index (κ2) is 8.37.